The van der Waals surface area contributed by atoms with Crippen molar-refractivity contribution in [2.24, 2.45) is 0 Å². The summed E-state index contributed by atoms with van der Waals surface area (Å²) in [6.45, 7) is 3.92. The SMILES string of the molecule is Cc1ccc(C)c(NC(=S)Nc2ccc(F)cc2F)c1. The highest BCUT2D eigenvalue weighted by atomic mass is 32.1. The summed E-state index contributed by atoms with van der Waals surface area (Å²) in [4.78, 5) is 0. The van der Waals surface area contributed by atoms with E-state index in [0.29, 0.717) is 0 Å². The van der Waals surface area contributed by atoms with Gasteiger partial charge >= 0.3 is 0 Å². The van der Waals surface area contributed by atoms with Crippen molar-refractivity contribution in [3.63, 3.8) is 0 Å². The van der Waals surface area contributed by atoms with Crippen LogP contribution in [0.25, 0.3) is 0 Å². The maximum absolute atomic E-state index is 13.5. The molecule has 0 atom stereocenters. The second-order valence-corrected chi connectivity index (χ2v) is 4.93. The van der Waals surface area contributed by atoms with Gasteiger partial charge in [0, 0.05) is 11.8 Å². The van der Waals surface area contributed by atoms with Gasteiger partial charge in [-0.3, -0.25) is 0 Å². The number of benzene rings is 2. The average molecular weight is 292 g/mol. The van der Waals surface area contributed by atoms with Crippen molar-refractivity contribution in [2.45, 2.75) is 13.8 Å². The van der Waals surface area contributed by atoms with Crippen molar-refractivity contribution in [1.29, 1.82) is 0 Å². The van der Waals surface area contributed by atoms with Crippen LogP contribution in [0.5, 0.6) is 0 Å². The van der Waals surface area contributed by atoms with Crippen molar-refractivity contribution in [3.8, 4) is 0 Å². The predicted octanol–water partition coefficient (Wildman–Crippen LogP) is 4.39. The number of hydrogen-bond donors (Lipinski definition) is 2. The Labute approximate surface area is 121 Å². The maximum atomic E-state index is 13.5. The van der Waals surface area contributed by atoms with E-state index in [1.54, 1.807) is 0 Å². The molecule has 0 spiro atoms. The molecule has 2 nitrogen and oxygen atoms in total. The van der Waals surface area contributed by atoms with E-state index in [0.717, 1.165) is 22.9 Å². The molecule has 0 aliphatic carbocycles. The zero-order chi connectivity index (χ0) is 14.7. The molecule has 2 N–H and O–H groups in total. The third-order valence-electron chi connectivity index (χ3n) is 2.82. The van der Waals surface area contributed by atoms with Gasteiger partial charge < -0.3 is 10.6 Å². The third kappa shape index (κ3) is 3.51. The highest BCUT2D eigenvalue weighted by molar-refractivity contribution is 7.80. The Balaban J connectivity index is 2.11. The Kier molecular flexibility index (Phi) is 4.29. The van der Waals surface area contributed by atoms with Crippen molar-refractivity contribution >= 4 is 28.7 Å². The Morgan fingerprint density at radius 1 is 0.950 bits per heavy atom. The van der Waals surface area contributed by atoms with E-state index in [1.165, 1.54) is 12.1 Å². The monoisotopic (exact) mass is 292 g/mol. The molecule has 20 heavy (non-hydrogen) atoms. The molecule has 0 saturated heterocycles. The second-order valence-electron chi connectivity index (χ2n) is 4.52. The third-order valence-corrected chi connectivity index (χ3v) is 3.02. The number of halogens is 2. The van der Waals surface area contributed by atoms with Gasteiger partial charge in [0.15, 0.2) is 5.11 Å². The summed E-state index contributed by atoms with van der Waals surface area (Å²) < 4.78 is 26.3. The van der Waals surface area contributed by atoms with Crippen LogP contribution in [0.1, 0.15) is 11.1 Å². The summed E-state index contributed by atoms with van der Waals surface area (Å²) in [5.74, 6) is -1.31. The summed E-state index contributed by atoms with van der Waals surface area (Å²) in [7, 11) is 0. The average Bonchev–Trinajstić information content (AvgIpc) is 2.37. The lowest BCUT2D eigenvalue weighted by atomic mass is 10.1. The first-order valence-corrected chi connectivity index (χ1v) is 6.47. The zero-order valence-corrected chi connectivity index (χ0v) is 11.9. The van der Waals surface area contributed by atoms with Crippen LogP contribution in [-0.2, 0) is 0 Å². The highest BCUT2D eigenvalue weighted by Crippen LogP contribution is 2.18. The number of thiocarbonyl (C=S) groups is 1. The minimum absolute atomic E-state index is 0.134. The Morgan fingerprint density at radius 2 is 1.65 bits per heavy atom. The predicted molar refractivity (Wildman–Crippen MR) is 82.1 cm³/mol. The summed E-state index contributed by atoms with van der Waals surface area (Å²) in [6, 6.07) is 9.20. The zero-order valence-electron chi connectivity index (χ0n) is 11.1. The number of aryl methyl sites for hydroxylation is 2. The molecular formula is C15H14F2N2S. The lowest BCUT2D eigenvalue weighted by molar-refractivity contribution is 0.586. The van der Waals surface area contributed by atoms with Crippen LogP contribution in [0.2, 0.25) is 0 Å². The molecule has 0 saturated carbocycles. The molecule has 0 aromatic heterocycles. The largest absolute Gasteiger partial charge is 0.332 e. The van der Waals surface area contributed by atoms with Gasteiger partial charge in [-0.15, -0.1) is 0 Å². The maximum Gasteiger partial charge on any atom is 0.175 e. The summed E-state index contributed by atoms with van der Waals surface area (Å²) >= 11 is 5.13. The Bertz CT molecular complexity index is 656. The second kappa shape index (κ2) is 5.96. The molecule has 2 rings (SSSR count). The normalized spacial score (nSPS) is 10.2. The lowest BCUT2D eigenvalue weighted by Gasteiger charge is -2.13. The van der Waals surface area contributed by atoms with Crippen LogP contribution in [-0.4, -0.2) is 5.11 Å². The Morgan fingerprint density at radius 3 is 2.35 bits per heavy atom. The molecule has 0 bridgehead atoms. The summed E-state index contributed by atoms with van der Waals surface area (Å²) in [5, 5.41) is 5.97. The molecule has 0 aliphatic heterocycles. The molecule has 2 aromatic rings. The molecule has 5 heteroatoms. The summed E-state index contributed by atoms with van der Waals surface area (Å²) in [6.07, 6.45) is 0. The lowest BCUT2D eigenvalue weighted by Crippen LogP contribution is -2.20. The Hall–Kier alpha value is -2.01. The van der Waals surface area contributed by atoms with Gasteiger partial charge in [0.25, 0.3) is 0 Å². The van der Waals surface area contributed by atoms with E-state index in [2.05, 4.69) is 10.6 Å². The molecule has 104 valence electrons. The fourth-order valence-electron chi connectivity index (χ4n) is 1.74. The number of hydrogen-bond acceptors (Lipinski definition) is 1. The van der Waals surface area contributed by atoms with E-state index in [9.17, 15) is 8.78 Å². The fraction of sp³-hybridized carbons (Fsp3) is 0.133. The molecular weight excluding hydrogens is 278 g/mol. The van der Waals surface area contributed by atoms with Crippen molar-refractivity contribution in [3.05, 3.63) is 59.2 Å². The van der Waals surface area contributed by atoms with Gasteiger partial charge in [-0.25, -0.2) is 8.78 Å². The standard InChI is InChI=1S/C15H14F2N2S/c1-9-3-4-10(2)14(7-9)19-15(20)18-13-6-5-11(16)8-12(13)17/h3-8H,1-2H3,(H2,18,19,20). The number of nitrogens with one attached hydrogen (secondary N) is 2. The first kappa shape index (κ1) is 14.4. The van der Waals surface area contributed by atoms with E-state index >= 15 is 0 Å². The minimum atomic E-state index is -0.685. The number of rotatable bonds is 2. The minimum Gasteiger partial charge on any atom is -0.332 e. The van der Waals surface area contributed by atoms with Gasteiger partial charge in [0.1, 0.15) is 11.6 Å². The molecule has 0 fully saturated rings. The van der Waals surface area contributed by atoms with Crippen LogP contribution in [0, 0.1) is 25.5 Å². The van der Waals surface area contributed by atoms with E-state index in [1.807, 2.05) is 32.0 Å². The van der Waals surface area contributed by atoms with Gasteiger partial charge in [0.2, 0.25) is 0 Å². The van der Waals surface area contributed by atoms with Crippen LogP contribution in [0.4, 0.5) is 20.2 Å². The first-order valence-electron chi connectivity index (χ1n) is 6.06. The van der Waals surface area contributed by atoms with E-state index in [4.69, 9.17) is 12.2 Å². The van der Waals surface area contributed by atoms with Gasteiger partial charge in [-0.1, -0.05) is 12.1 Å². The van der Waals surface area contributed by atoms with Crippen LogP contribution >= 0.6 is 12.2 Å². The topological polar surface area (TPSA) is 24.1 Å². The summed E-state index contributed by atoms with van der Waals surface area (Å²) in [5.41, 5.74) is 3.10. The number of anilines is 2. The van der Waals surface area contributed by atoms with Crippen molar-refractivity contribution < 1.29 is 8.78 Å². The smallest absolute Gasteiger partial charge is 0.175 e. The van der Waals surface area contributed by atoms with Crippen molar-refractivity contribution in [1.82, 2.24) is 0 Å². The molecule has 2 aromatic carbocycles. The first-order chi connectivity index (χ1) is 9.45. The quantitative estimate of drug-likeness (QED) is 0.803. The fourth-order valence-corrected chi connectivity index (χ4v) is 1.96. The van der Waals surface area contributed by atoms with E-state index in [-0.39, 0.29) is 10.8 Å². The van der Waals surface area contributed by atoms with E-state index < -0.39 is 11.6 Å². The van der Waals surface area contributed by atoms with Gasteiger partial charge in [0.05, 0.1) is 5.69 Å². The van der Waals surface area contributed by atoms with Crippen LogP contribution < -0.4 is 10.6 Å². The highest BCUT2D eigenvalue weighted by Gasteiger charge is 2.07. The van der Waals surface area contributed by atoms with Crippen LogP contribution in [0.3, 0.4) is 0 Å². The molecule has 0 heterocycles. The van der Waals surface area contributed by atoms with Gasteiger partial charge in [-0.2, -0.15) is 0 Å². The molecule has 0 amide bonds. The molecule has 0 unspecified atom stereocenters. The van der Waals surface area contributed by atoms with Crippen molar-refractivity contribution in [2.75, 3.05) is 10.6 Å². The van der Waals surface area contributed by atoms with Gasteiger partial charge in [-0.05, 0) is 55.4 Å². The van der Waals surface area contributed by atoms with Crippen LogP contribution in [0.15, 0.2) is 36.4 Å². The molecule has 0 radical (unpaired) electrons. The molecule has 0 aliphatic rings.